The van der Waals surface area contributed by atoms with Crippen LogP contribution in [0.5, 0.6) is 0 Å². The first-order valence-corrected chi connectivity index (χ1v) is 11.9. The maximum absolute atomic E-state index is 14.0. The molecule has 1 unspecified atom stereocenters. The minimum atomic E-state index is -1.22. The van der Waals surface area contributed by atoms with Crippen molar-refractivity contribution in [2.24, 2.45) is 34.5 Å². The Morgan fingerprint density at radius 1 is 1.12 bits per heavy atom. The summed E-state index contributed by atoms with van der Waals surface area (Å²) in [7, 11) is 0. The molecule has 1 heterocycles. The standard InChI is InChI=1S/C26H36O6/c1-23(2)19-11-10-17(14-30-13-16-8-6-5-7-9-16)26(19)18(12-27)21(28)25(20(23)22(26)29)15-31-24(3,4)32-25/h5-9,17-20,22,27,29H,10-15H2,1-4H3/t17-,18-,19-,20+,22?,25+,26+/m1/s1. The van der Waals surface area contributed by atoms with Gasteiger partial charge in [0.25, 0.3) is 0 Å². The van der Waals surface area contributed by atoms with Gasteiger partial charge in [0.1, 0.15) is 0 Å². The van der Waals surface area contributed by atoms with E-state index in [1.807, 2.05) is 44.2 Å². The molecule has 176 valence electrons. The van der Waals surface area contributed by atoms with Crippen LogP contribution in [0.25, 0.3) is 0 Å². The van der Waals surface area contributed by atoms with Crippen molar-refractivity contribution in [3.05, 3.63) is 35.9 Å². The van der Waals surface area contributed by atoms with Crippen molar-refractivity contribution in [3.63, 3.8) is 0 Å². The second kappa shape index (κ2) is 7.34. The lowest BCUT2D eigenvalue weighted by Crippen LogP contribution is -2.67. The van der Waals surface area contributed by atoms with Crippen molar-refractivity contribution in [3.8, 4) is 0 Å². The Morgan fingerprint density at radius 2 is 1.84 bits per heavy atom. The molecule has 5 rings (SSSR count). The summed E-state index contributed by atoms with van der Waals surface area (Å²) in [6, 6.07) is 10.0. The van der Waals surface area contributed by atoms with Crippen molar-refractivity contribution < 1.29 is 29.2 Å². The Morgan fingerprint density at radius 3 is 2.47 bits per heavy atom. The van der Waals surface area contributed by atoms with Crippen molar-refractivity contribution >= 4 is 5.78 Å². The van der Waals surface area contributed by atoms with Crippen molar-refractivity contribution in [2.75, 3.05) is 19.8 Å². The van der Waals surface area contributed by atoms with Crippen LogP contribution in [0.2, 0.25) is 0 Å². The second-order valence-corrected chi connectivity index (χ2v) is 11.4. The van der Waals surface area contributed by atoms with Gasteiger partial charge >= 0.3 is 0 Å². The molecule has 2 bridgehead atoms. The van der Waals surface area contributed by atoms with Crippen LogP contribution in [0, 0.1) is 34.5 Å². The van der Waals surface area contributed by atoms with E-state index in [9.17, 15) is 15.0 Å². The molecule has 1 aliphatic heterocycles. The van der Waals surface area contributed by atoms with E-state index in [2.05, 4.69) is 13.8 Å². The van der Waals surface area contributed by atoms with Crippen molar-refractivity contribution in [1.82, 2.24) is 0 Å². The number of fused-ring (bicyclic) bond motifs is 2. The number of hydrogen-bond acceptors (Lipinski definition) is 6. The van der Waals surface area contributed by atoms with Crippen LogP contribution in [0.15, 0.2) is 30.3 Å². The van der Waals surface area contributed by atoms with Crippen LogP contribution < -0.4 is 0 Å². The zero-order chi connectivity index (χ0) is 22.9. The number of carbonyl (C=O) groups excluding carboxylic acids is 1. The van der Waals surface area contributed by atoms with Gasteiger partial charge in [0.05, 0.1) is 38.4 Å². The minimum Gasteiger partial charge on any atom is -0.396 e. The molecule has 4 fully saturated rings. The van der Waals surface area contributed by atoms with Gasteiger partial charge in [-0.3, -0.25) is 4.79 Å². The Balaban J connectivity index is 1.50. The molecule has 1 saturated heterocycles. The van der Waals surface area contributed by atoms with Gasteiger partial charge in [-0.2, -0.15) is 0 Å². The number of Topliss-reactive ketones (excluding diaryl/α,β-unsaturated/α-hetero) is 1. The van der Waals surface area contributed by atoms with E-state index in [1.54, 1.807) is 0 Å². The number of carbonyl (C=O) groups is 1. The summed E-state index contributed by atoms with van der Waals surface area (Å²) in [5, 5.41) is 22.5. The topological polar surface area (TPSA) is 85.2 Å². The molecule has 4 aliphatic rings. The maximum Gasteiger partial charge on any atom is 0.173 e. The molecule has 0 radical (unpaired) electrons. The van der Waals surface area contributed by atoms with Crippen LogP contribution in [-0.4, -0.2) is 53.3 Å². The third kappa shape index (κ3) is 2.80. The summed E-state index contributed by atoms with van der Waals surface area (Å²) in [6.45, 7) is 8.71. The lowest BCUT2D eigenvalue weighted by molar-refractivity contribution is -0.220. The summed E-state index contributed by atoms with van der Waals surface area (Å²) < 4.78 is 18.3. The van der Waals surface area contributed by atoms with E-state index in [4.69, 9.17) is 14.2 Å². The summed E-state index contributed by atoms with van der Waals surface area (Å²) in [4.78, 5) is 14.0. The number of ketones is 1. The molecule has 2 N–H and O–H groups in total. The smallest absolute Gasteiger partial charge is 0.173 e. The summed E-state index contributed by atoms with van der Waals surface area (Å²) in [6.07, 6.45) is 1.03. The number of rotatable bonds is 5. The SMILES string of the molecule is CC1(C)OC[C@@]2(O1)C(=O)[C@@H](CO)[C@]13C(O)[C@H]2C(C)(C)[C@H]1CC[C@@H]3COCc1ccccc1. The average molecular weight is 445 g/mol. The fourth-order valence-electron chi connectivity index (χ4n) is 8.21. The summed E-state index contributed by atoms with van der Waals surface area (Å²) in [5.41, 5.74) is -1.15. The molecule has 32 heavy (non-hydrogen) atoms. The highest BCUT2D eigenvalue weighted by molar-refractivity contribution is 5.93. The first-order valence-electron chi connectivity index (χ1n) is 11.9. The molecule has 7 atom stereocenters. The third-order valence-electron chi connectivity index (χ3n) is 9.16. The molecular weight excluding hydrogens is 408 g/mol. The van der Waals surface area contributed by atoms with E-state index in [0.717, 1.165) is 18.4 Å². The molecule has 1 aromatic rings. The highest BCUT2D eigenvalue weighted by atomic mass is 16.8. The number of aliphatic hydroxyl groups is 2. The number of hydrogen-bond donors (Lipinski definition) is 2. The van der Waals surface area contributed by atoms with Crippen LogP contribution in [0.4, 0.5) is 0 Å². The predicted molar refractivity (Wildman–Crippen MR) is 117 cm³/mol. The lowest BCUT2D eigenvalue weighted by atomic mass is 9.55. The average Bonchev–Trinajstić information content (AvgIpc) is 3.31. The minimum absolute atomic E-state index is 0.00395. The Hall–Kier alpha value is -1.31. The van der Waals surface area contributed by atoms with Gasteiger partial charge in [-0.1, -0.05) is 44.2 Å². The molecule has 0 aromatic heterocycles. The Bertz CT molecular complexity index is 882. The molecule has 3 saturated carbocycles. The van der Waals surface area contributed by atoms with E-state index in [0.29, 0.717) is 13.2 Å². The normalized spacial score (nSPS) is 43.7. The van der Waals surface area contributed by atoms with Crippen LogP contribution in [-0.2, 0) is 25.6 Å². The van der Waals surface area contributed by atoms with Crippen molar-refractivity contribution in [1.29, 1.82) is 0 Å². The van der Waals surface area contributed by atoms with E-state index in [1.165, 1.54) is 0 Å². The maximum atomic E-state index is 14.0. The van der Waals surface area contributed by atoms with Gasteiger partial charge in [-0.25, -0.2) is 0 Å². The number of ether oxygens (including phenoxy) is 3. The van der Waals surface area contributed by atoms with Gasteiger partial charge in [-0.15, -0.1) is 0 Å². The largest absolute Gasteiger partial charge is 0.396 e. The summed E-state index contributed by atoms with van der Waals surface area (Å²) in [5.74, 6) is -1.96. The summed E-state index contributed by atoms with van der Waals surface area (Å²) >= 11 is 0. The van der Waals surface area contributed by atoms with Gasteiger partial charge in [-0.05, 0) is 49.5 Å². The van der Waals surface area contributed by atoms with Gasteiger partial charge in [0.2, 0.25) is 0 Å². The van der Waals surface area contributed by atoms with E-state index < -0.39 is 28.8 Å². The molecule has 0 amide bonds. The van der Waals surface area contributed by atoms with Crippen molar-refractivity contribution in [2.45, 2.75) is 64.6 Å². The highest BCUT2D eigenvalue weighted by Gasteiger charge is 2.81. The van der Waals surface area contributed by atoms with Gasteiger partial charge in [0, 0.05) is 11.3 Å². The number of benzene rings is 1. The molecular formula is C26H36O6. The monoisotopic (exact) mass is 444 g/mol. The lowest BCUT2D eigenvalue weighted by Gasteiger charge is -2.52. The van der Waals surface area contributed by atoms with Gasteiger partial charge < -0.3 is 24.4 Å². The van der Waals surface area contributed by atoms with Crippen LogP contribution >= 0.6 is 0 Å². The zero-order valence-corrected chi connectivity index (χ0v) is 19.5. The molecule has 6 heteroatoms. The Labute approximate surface area is 190 Å². The van der Waals surface area contributed by atoms with Gasteiger partial charge in [0.15, 0.2) is 17.2 Å². The highest BCUT2D eigenvalue weighted by Crippen LogP contribution is 2.75. The molecule has 2 spiro atoms. The van der Waals surface area contributed by atoms with Crippen LogP contribution in [0.1, 0.15) is 46.1 Å². The zero-order valence-electron chi connectivity index (χ0n) is 19.5. The van der Waals surface area contributed by atoms with E-state index >= 15 is 0 Å². The molecule has 6 nitrogen and oxygen atoms in total. The fraction of sp³-hybridized carbons (Fsp3) is 0.731. The predicted octanol–water partition coefficient (Wildman–Crippen LogP) is 2.95. The first kappa shape index (κ1) is 22.5. The first-order chi connectivity index (χ1) is 15.1. The fourth-order valence-corrected chi connectivity index (χ4v) is 8.21. The molecule has 3 aliphatic carbocycles. The second-order valence-electron chi connectivity index (χ2n) is 11.4. The van der Waals surface area contributed by atoms with E-state index in [-0.39, 0.29) is 42.2 Å². The quantitative estimate of drug-likeness (QED) is 0.726. The molecule has 1 aromatic carbocycles. The van der Waals surface area contributed by atoms with Crippen LogP contribution in [0.3, 0.4) is 0 Å². The Kier molecular flexibility index (Phi) is 5.16. The number of aliphatic hydroxyl groups excluding tert-OH is 2. The third-order valence-corrected chi connectivity index (χ3v) is 9.16.